The highest BCUT2D eigenvalue weighted by Gasteiger charge is 2.25. The zero-order chi connectivity index (χ0) is 13.2. The number of aromatic nitrogens is 1. The van der Waals surface area contributed by atoms with E-state index in [0.29, 0.717) is 13.0 Å². The van der Waals surface area contributed by atoms with Crippen LogP contribution in [0.3, 0.4) is 0 Å². The van der Waals surface area contributed by atoms with E-state index in [2.05, 4.69) is 10.3 Å². The molecule has 0 spiro atoms. The monoisotopic (exact) mass is 263 g/mol. The molecule has 96 valence electrons. The predicted molar refractivity (Wildman–Crippen MR) is 74.4 cm³/mol. The molecule has 2 rings (SSSR count). The van der Waals surface area contributed by atoms with Gasteiger partial charge in [-0.05, 0) is 25.5 Å². The van der Waals surface area contributed by atoms with Gasteiger partial charge in [-0.2, -0.15) is 0 Å². The minimum absolute atomic E-state index is 0.135. The summed E-state index contributed by atoms with van der Waals surface area (Å²) >= 11 is 1.59. The van der Waals surface area contributed by atoms with Crippen LogP contribution >= 0.6 is 11.3 Å². The molecule has 5 heteroatoms. The Morgan fingerprint density at radius 3 is 2.89 bits per heavy atom. The third-order valence-electron chi connectivity index (χ3n) is 2.99. The molecule has 0 saturated heterocycles. The number of nitrogens with two attached hydrogens (primary N) is 1. The molecule has 3 N–H and O–H groups in total. The van der Waals surface area contributed by atoms with Crippen LogP contribution in [0.2, 0.25) is 0 Å². The molecular formula is C13H17N3OS. The number of benzene rings is 1. The molecule has 0 aliphatic carbocycles. The Morgan fingerprint density at radius 1 is 1.50 bits per heavy atom. The average molecular weight is 263 g/mol. The van der Waals surface area contributed by atoms with Crippen LogP contribution in [0, 0.1) is 0 Å². The molecule has 1 heterocycles. The first-order valence-electron chi connectivity index (χ1n) is 5.94. The number of carbonyl (C=O) groups excluding carboxylic acids is 1. The van der Waals surface area contributed by atoms with Gasteiger partial charge >= 0.3 is 0 Å². The van der Waals surface area contributed by atoms with Gasteiger partial charge in [0.2, 0.25) is 5.91 Å². The smallest absolute Gasteiger partial charge is 0.240 e. The summed E-state index contributed by atoms with van der Waals surface area (Å²) in [5.74, 6) is -0.135. The van der Waals surface area contributed by atoms with Crippen molar-refractivity contribution in [1.29, 1.82) is 0 Å². The third-order valence-corrected chi connectivity index (χ3v) is 4.03. The molecule has 1 unspecified atom stereocenters. The topological polar surface area (TPSA) is 68.0 Å². The summed E-state index contributed by atoms with van der Waals surface area (Å²) in [6.07, 6.45) is 0.610. The van der Waals surface area contributed by atoms with Crippen LogP contribution < -0.4 is 11.1 Å². The van der Waals surface area contributed by atoms with Gasteiger partial charge in [-0.1, -0.05) is 19.1 Å². The molecule has 18 heavy (non-hydrogen) atoms. The van der Waals surface area contributed by atoms with Crippen LogP contribution in [0.25, 0.3) is 10.2 Å². The van der Waals surface area contributed by atoms with Crippen molar-refractivity contribution >= 4 is 27.5 Å². The second-order valence-corrected chi connectivity index (χ2v) is 5.64. The molecule has 0 fully saturated rings. The minimum atomic E-state index is -0.809. The summed E-state index contributed by atoms with van der Waals surface area (Å²) < 4.78 is 1.13. The van der Waals surface area contributed by atoms with Crippen molar-refractivity contribution in [2.75, 3.05) is 0 Å². The average Bonchev–Trinajstić information content (AvgIpc) is 2.78. The highest BCUT2D eigenvalue weighted by molar-refractivity contribution is 7.18. The summed E-state index contributed by atoms with van der Waals surface area (Å²) in [4.78, 5) is 16.3. The Balaban J connectivity index is 2.04. The molecule has 0 saturated carbocycles. The maximum atomic E-state index is 11.8. The summed E-state index contributed by atoms with van der Waals surface area (Å²) in [6, 6.07) is 7.93. The number of amides is 1. The zero-order valence-electron chi connectivity index (χ0n) is 10.6. The summed E-state index contributed by atoms with van der Waals surface area (Å²) in [6.45, 7) is 4.07. The maximum Gasteiger partial charge on any atom is 0.240 e. The molecule has 4 nitrogen and oxygen atoms in total. The molecule has 1 aromatic carbocycles. The molecule has 0 aliphatic heterocycles. The molecule has 1 aromatic heterocycles. The second-order valence-electron chi connectivity index (χ2n) is 4.53. The zero-order valence-corrected chi connectivity index (χ0v) is 11.4. The van der Waals surface area contributed by atoms with Crippen molar-refractivity contribution in [2.45, 2.75) is 32.4 Å². The molecule has 0 radical (unpaired) electrons. The maximum absolute atomic E-state index is 11.8. The Hall–Kier alpha value is -1.46. The lowest BCUT2D eigenvalue weighted by Crippen LogP contribution is -2.50. The van der Waals surface area contributed by atoms with Gasteiger partial charge in [0.25, 0.3) is 0 Å². The van der Waals surface area contributed by atoms with Gasteiger partial charge in [0, 0.05) is 0 Å². The van der Waals surface area contributed by atoms with Crippen LogP contribution in [0.4, 0.5) is 0 Å². The van der Waals surface area contributed by atoms with Crippen molar-refractivity contribution in [3.8, 4) is 0 Å². The Kier molecular flexibility index (Phi) is 3.63. The number of para-hydroxylation sites is 1. The van der Waals surface area contributed by atoms with Crippen LogP contribution in [0.15, 0.2) is 24.3 Å². The fourth-order valence-electron chi connectivity index (χ4n) is 1.51. The molecule has 2 aromatic rings. The fourth-order valence-corrected chi connectivity index (χ4v) is 2.42. The van der Waals surface area contributed by atoms with E-state index in [1.807, 2.05) is 31.2 Å². The van der Waals surface area contributed by atoms with Crippen LogP contribution in [-0.4, -0.2) is 16.4 Å². The summed E-state index contributed by atoms with van der Waals surface area (Å²) in [5.41, 5.74) is 6.03. The lowest BCUT2D eigenvalue weighted by molar-refractivity contribution is -0.126. The van der Waals surface area contributed by atoms with Gasteiger partial charge in [0.05, 0.1) is 22.3 Å². The van der Waals surface area contributed by atoms with Gasteiger partial charge < -0.3 is 11.1 Å². The number of fused-ring (bicyclic) bond motifs is 1. The van der Waals surface area contributed by atoms with Gasteiger partial charge in [0.15, 0.2) is 0 Å². The quantitative estimate of drug-likeness (QED) is 0.887. The highest BCUT2D eigenvalue weighted by Crippen LogP contribution is 2.21. The van der Waals surface area contributed by atoms with Crippen molar-refractivity contribution in [3.63, 3.8) is 0 Å². The highest BCUT2D eigenvalue weighted by atomic mass is 32.1. The van der Waals surface area contributed by atoms with E-state index in [1.54, 1.807) is 18.3 Å². The molecular weight excluding hydrogens is 246 g/mol. The minimum Gasteiger partial charge on any atom is -0.348 e. The van der Waals surface area contributed by atoms with E-state index in [-0.39, 0.29) is 5.91 Å². The second kappa shape index (κ2) is 5.04. The first-order chi connectivity index (χ1) is 8.53. The Morgan fingerprint density at radius 2 is 2.22 bits per heavy atom. The van der Waals surface area contributed by atoms with Crippen molar-refractivity contribution < 1.29 is 4.79 Å². The summed E-state index contributed by atoms with van der Waals surface area (Å²) in [7, 11) is 0. The Bertz CT molecular complexity index is 529. The normalized spacial score (nSPS) is 14.4. The van der Waals surface area contributed by atoms with E-state index in [4.69, 9.17) is 5.73 Å². The molecule has 0 bridgehead atoms. The van der Waals surface area contributed by atoms with E-state index in [1.165, 1.54) is 0 Å². The van der Waals surface area contributed by atoms with Gasteiger partial charge in [-0.25, -0.2) is 4.98 Å². The number of thiazole rings is 1. The Labute approximate surface area is 110 Å². The number of carbonyl (C=O) groups is 1. The standard InChI is InChI=1S/C13H17N3OS/c1-3-13(2,14)12(17)15-8-11-16-9-6-4-5-7-10(9)18-11/h4-7H,3,8,14H2,1-2H3,(H,15,17). The fraction of sp³-hybridized carbons (Fsp3) is 0.385. The SMILES string of the molecule is CCC(C)(N)C(=O)NCc1nc2ccccc2s1. The summed E-state index contributed by atoms with van der Waals surface area (Å²) in [5, 5.41) is 3.73. The molecule has 0 aliphatic rings. The van der Waals surface area contributed by atoms with Crippen molar-refractivity contribution in [3.05, 3.63) is 29.3 Å². The number of hydrogen-bond donors (Lipinski definition) is 2. The van der Waals surface area contributed by atoms with Crippen molar-refractivity contribution in [2.24, 2.45) is 5.73 Å². The predicted octanol–water partition coefficient (Wildman–Crippen LogP) is 2.04. The van der Waals surface area contributed by atoms with E-state index < -0.39 is 5.54 Å². The first-order valence-corrected chi connectivity index (χ1v) is 6.76. The molecule has 1 atom stereocenters. The van der Waals surface area contributed by atoms with E-state index >= 15 is 0 Å². The van der Waals surface area contributed by atoms with Crippen LogP contribution in [-0.2, 0) is 11.3 Å². The number of rotatable bonds is 4. The van der Waals surface area contributed by atoms with Crippen LogP contribution in [0.1, 0.15) is 25.3 Å². The molecule has 1 amide bonds. The van der Waals surface area contributed by atoms with Crippen molar-refractivity contribution in [1.82, 2.24) is 10.3 Å². The van der Waals surface area contributed by atoms with Gasteiger partial charge in [-0.3, -0.25) is 4.79 Å². The lowest BCUT2D eigenvalue weighted by atomic mass is 10.00. The number of nitrogens with zero attached hydrogens (tertiary/aromatic N) is 1. The van der Waals surface area contributed by atoms with E-state index in [0.717, 1.165) is 15.2 Å². The van der Waals surface area contributed by atoms with E-state index in [9.17, 15) is 4.79 Å². The largest absolute Gasteiger partial charge is 0.348 e. The number of nitrogens with one attached hydrogen (secondary N) is 1. The number of hydrogen-bond acceptors (Lipinski definition) is 4. The van der Waals surface area contributed by atoms with Crippen LogP contribution in [0.5, 0.6) is 0 Å². The third kappa shape index (κ3) is 2.68. The first kappa shape index (κ1) is 13.0. The van der Waals surface area contributed by atoms with Gasteiger partial charge in [-0.15, -0.1) is 11.3 Å². The van der Waals surface area contributed by atoms with Gasteiger partial charge in [0.1, 0.15) is 5.01 Å². The lowest BCUT2D eigenvalue weighted by Gasteiger charge is -2.20.